The van der Waals surface area contributed by atoms with Gasteiger partial charge in [-0.25, -0.2) is 4.79 Å². The minimum atomic E-state index is -1.15. The Balaban J connectivity index is 2.34. The number of carboxylic acids is 1. The van der Waals surface area contributed by atoms with E-state index in [-0.39, 0.29) is 32.7 Å². The summed E-state index contributed by atoms with van der Waals surface area (Å²) >= 11 is 3.13. The van der Waals surface area contributed by atoms with E-state index in [0.29, 0.717) is 11.1 Å². The van der Waals surface area contributed by atoms with Crippen molar-refractivity contribution in [3.63, 3.8) is 0 Å². The van der Waals surface area contributed by atoms with E-state index in [9.17, 15) is 14.4 Å². The summed E-state index contributed by atoms with van der Waals surface area (Å²) in [4.78, 5) is 36.0. The summed E-state index contributed by atoms with van der Waals surface area (Å²) in [5.74, 6) is -1.77. The van der Waals surface area contributed by atoms with Gasteiger partial charge in [-0.1, -0.05) is 24.3 Å². The van der Waals surface area contributed by atoms with E-state index in [2.05, 4.69) is 15.9 Å². The Bertz CT molecular complexity index is 792. The van der Waals surface area contributed by atoms with Gasteiger partial charge in [-0.15, -0.1) is 0 Å². The van der Waals surface area contributed by atoms with Gasteiger partial charge in [0.15, 0.2) is 11.6 Å². The number of carbonyl (C=O) groups excluding carboxylic acids is 2. The number of benzene rings is 2. The van der Waals surface area contributed by atoms with Crippen LogP contribution in [0.15, 0.2) is 40.9 Å². The summed E-state index contributed by atoms with van der Waals surface area (Å²) in [6, 6.07) is 9.24. The normalized spacial score (nSPS) is 12.8. The maximum absolute atomic E-state index is 12.5. The van der Waals surface area contributed by atoms with E-state index in [1.54, 1.807) is 24.3 Å². The molecule has 98 valence electrons. The molecule has 1 aliphatic rings. The van der Waals surface area contributed by atoms with Crippen molar-refractivity contribution < 1.29 is 19.5 Å². The van der Waals surface area contributed by atoms with E-state index in [4.69, 9.17) is 5.11 Å². The maximum Gasteiger partial charge on any atom is 0.336 e. The van der Waals surface area contributed by atoms with Crippen molar-refractivity contribution in [3.8, 4) is 0 Å². The molecular formula is C15H7BrO4. The van der Waals surface area contributed by atoms with Crippen LogP contribution in [0.4, 0.5) is 0 Å². The van der Waals surface area contributed by atoms with Gasteiger partial charge < -0.3 is 5.11 Å². The third-order valence-electron chi connectivity index (χ3n) is 3.26. The molecule has 2 aromatic rings. The van der Waals surface area contributed by atoms with Gasteiger partial charge in [-0.3, -0.25) is 9.59 Å². The molecule has 0 amide bonds. The Labute approximate surface area is 122 Å². The molecule has 0 atom stereocenters. The Hall–Kier alpha value is -2.27. The Morgan fingerprint density at radius 3 is 2.10 bits per heavy atom. The van der Waals surface area contributed by atoms with Crippen molar-refractivity contribution in [2.45, 2.75) is 0 Å². The fraction of sp³-hybridized carbons (Fsp3) is 0. The van der Waals surface area contributed by atoms with Crippen molar-refractivity contribution in [1.29, 1.82) is 0 Å². The molecule has 0 radical (unpaired) electrons. The van der Waals surface area contributed by atoms with Crippen molar-refractivity contribution in [3.05, 3.63) is 68.7 Å². The van der Waals surface area contributed by atoms with E-state index in [1.165, 1.54) is 12.1 Å². The van der Waals surface area contributed by atoms with Crippen molar-refractivity contribution in [2.75, 3.05) is 0 Å². The number of carbonyl (C=O) groups is 3. The zero-order valence-corrected chi connectivity index (χ0v) is 11.6. The average Bonchev–Trinajstić information content (AvgIpc) is 2.44. The van der Waals surface area contributed by atoms with Crippen molar-refractivity contribution in [1.82, 2.24) is 0 Å². The highest BCUT2D eigenvalue weighted by atomic mass is 79.9. The Morgan fingerprint density at radius 1 is 0.900 bits per heavy atom. The van der Waals surface area contributed by atoms with Gasteiger partial charge in [0.2, 0.25) is 0 Å². The Morgan fingerprint density at radius 2 is 1.50 bits per heavy atom. The second kappa shape index (κ2) is 4.38. The summed E-state index contributed by atoms with van der Waals surface area (Å²) in [5.41, 5.74) is 0.955. The molecule has 0 unspecified atom stereocenters. The fourth-order valence-corrected chi connectivity index (χ4v) is 3.01. The smallest absolute Gasteiger partial charge is 0.336 e. The molecule has 0 spiro atoms. The fourth-order valence-electron chi connectivity index (χ4n) is 2.31. The van der Waals surface area contributed by atoms with Crippen molar-refractivity contribution >= 4 is 33.5 Å². The first-order valence-corrected chi connectivity index (χ1v) is 6.56. The summed E-state index contributed by atoms with van der Waals surface area (Å²) < 4.78 is 0.148. The number of fused-ring (bicyclic) bond motifs is 2. The van der Waals surface area contributed by atoms with Crippen LogP contribution in [0.3, 0.4) is 0 Å². The van der Waals surface area contributed by atoms with Gasteiger partial charge in [-0.2, -0.15) is 0 Å². The second-order valence-corrected chi connectivity index (χ2v) is 5.15. The van der Waals surface area contributed by atoms with Crippen LogP contribution in [-0.4, -0.2) is 22.6 Å². The molecule has 0 fully saturated rings. The first kappa shape index (κ1) is 12.7. The molecule has 2 aromatic carbocycles. The SMILES string of the molecule is O=C(O)c1ccc2c(c1Br)C(=O)c1ccccc1C2=O. The third kappa shape index (κ3) is 1.63. The van der Waals surface area contributed by atoms with Crippen LogP contribution in [0, 0.1) is 0 Å². The van der Waals surface area contributed by atoms with Crippen LogP contribution in [-0.2, 0) is 0 Å². The summed E-state index contributed by atoms with van der Waals surface area (Å²) in [6.45, 7) is 0. The van der Waals surface area contributed by atoms with Gasteiger partial charge >= 0.3 is 5.97 Å². The summed E-state index contributed by atoms with van der Waals surface area (Å²) in [7, 11) is 0. The van der Waals surface area contributed by atoms with E-state index < -0.39 is 5.97 Å². The van der Waals surface area contributed by atoms with E-state index >= 15 is 0 Å². The van der Waals surface area contributed by atoms with Gasteiger partial charge in [0.1, 0.15) is 0 Å². The number of rotatable bonds is 1. The molecule has 3 rings (SSSR count). The molecule has 0 bridgehead atoms. The number of aromatic carboxylic acids is 1. The predicted octanol–water partition coefficient (Wildman–Crippen LogP) is 2.92. The van der Waals surface area contributed by atoms with Crippen LogP contribution >= 0.6 is 15.9 Å². The molecule has 0 saturated heterocycles. The lowest BCUT2D eigenvalue weighted by Crippen LogP contribution is -2.22. The lowest BCUT2D eigenvalue weighted by molar-refractivity contribution is 0.0695. The minimum absolute atomic E-state index is 0.0377. The predicted molar refractivity (Wildman–Crippen MR) is 74.4 cm³/mol. The van der Waals surface area contributed by atoms with Crippen LogP contribution in [0.25, 0.3) is 0 Å². The molecular weight excluding hydrogens is 324 g/mol. The molecule has 1 aliphatic carbocycles. The molecule has 0 aromatic heterocycles. The molecule has 0 heterocycles. The second-order valence-electron chi connectivity index (χ2n) is 4.36. The highest BCUT2D eigenvalue weighted by Crippen LogP contribution is 2.34. The molecule has 0 aliphatic heterocycles. The van der Waals surface area contributed by atoms with Gasteiger partial charge in [0.05, 0.1) is 5.56 Å². The standard InChI is InChI=1S/C15H7BrO4/c16-12-10(15(19)20)6-5-9-11(12)14(18)8-4-2-1-3-7(8)13(9)17/h1-6H,(H,19,20). The topological polar surface area (TPSA) is 71.4 Å². The number of carboxylic acid groups (broad SMARTS) is 1. The largest absolute Gasteiger partial charge is 0.478 e. The average molecular weight is 331 g/mol. The molecule has 20 heavy (non-hydrogen) atoms. The summed E-state index contributed by atoms with van der Waals surface area (Å²) in [5, 5.41) is 9.09. The molecule has 5 heteroatoms. The quantitative estimate of drug-likeness (QED) is 0.744. The number of halogens is 1. The number of ketones is 2. The maximum atomic E-state index is 12.5. The van der Waals surface area contributed by atoms with Crippen LogP contribution < -0.4 is 0 Å². The zero-order chi connectivity index (χ0) is 14.4. The van der Waals surface area contributed by atoms with E-state index in [1.807, 2.05) is 0 Å². The highest BCUT2D eigenvalue weighted by molar-refractivity contribution is 9.10. The molecule has 0 saturated carbocycles. The first-order valence-electron chi connectivity index (χ1n) is 5.76. The zero-order valence-electron chi connectivity index (χ0n) is 10.0. The monoisotopic (exact) mass is 330 g/mol. The highest BCUT2D eigenvalue weighted by Gasteiger charge is 2.32. The number of hydrogen-bond acceptors (Lipinski definition) is 3. The lowest BCUT2D eigenvalue weighted by Gasteiger charge is -2.19. The lowest BCUT2D eigenvalue weighted by atomic mass is 9.83. The molecule has 4 nitrogen and oxygen atoms in total. The van der Waals surface area contributed by atoms with Gasteiger partial charge in [0.25, 0.3) is 0 Å². The van der Waals surface area contributed by atoms with Gasteiger partial charge in [0, 0.05) is 26.7 Å². The van der Waals surface area contributed by atoms with Crippen LogP contribution in [0.2, 0.25) is 0 Å². The molecule has 1 N–H and O–H groups in total. The van der Waals surface area contributed by atoms with Crippen LogP contribution in [0.1, 0.15) is 42.2 Å². The number of hydrogen-bond donors (Lipinski definition) is 1. The first-order chi connectivity index (χ1) is 9.52. The summed E-state index contributed by atoms with van der Waals surface area (Å²) in [6.07, 6.45) is 0. The van der Waals surface area contributed by atoms with Gasteiger partial charge in [-0.05, 0) is 28.1 Å². The van der Waals surface area contributed by atoms with E-state index in [0.717, 1.165) is 0 Å². The third-order valence-corrected chi connectivity index (χ3v) is 4.08. The van der Waals surface area contributed by atoms with Crippen molar-refractivity contribution in [2.24, 2.45) is 0 Å². The van der Waals surface area contributed by atoms with Crippen LogP contribution in [0.5, 0.6) is 0 Å². The Kier molecular flexibility index (Phi) is 2.79. The minimum Gasteiger partial charge on any atom is -0.478 e.